The van der Waals surface area contributed by atoms with Crippen LogP contribution in [0.15, 0.2) is 18.2 Å². The Labute approximate surface area is 112 Å². The molecule has 1 aromatic carbocycles. The van der Waals surface area contributed by atoms with Crippen LogP contribution in [0.25, 0.3) is 0 Å². The summed E-state index contributed by atoms with van der Waals surface area (Å²) in [5, 5.41) is 9.35. The molecule has 1 aromatic rings. The Morgan fingerprint density at radius 3 is 3.05 bits per heavy atom. The van der Waals surface area contributed by atoms with E-state index in [9.17, 15) is 9.90 Å². The predicted molar refractivity (Wildman–Crippen MR) is 72.5 cm³/mol. The highest BCUT2D eigenvalue weighted by Crippen LogP contribution is 2.35. The van der Waals surface area contributed by atoms with Gasteiger partial charge in [-0.25, -0.2) is 4.79 Å². The van der Waals surface area contributed by atoms with E-state index in [0.717, 1.165) is 31.5 Å². The molecule has 1 saturated carbocycles. The SMILES string of the molecule is Nc1ccc(N2CCOC3CCCC32)c(C(=O)O)c1. The van der Waals surface area contributed by atoms with Gasteiger partial charge in [0.1, 0.15) is 0 Å². The number of carboxylic acid groups (broad SMARTS) is 1. The number of aromatic carboxylic acids is 1. The molecule has 0 spiro atoms. The Morgan fingerprint density at radius 2 is 2.26 bits per heavy atom. The Kier molecular flexibility index (Phi) is 3.06. The van der Waals surface area contributed by atoms with Crippen LogP contribution in [0.1, 0.15) is 29.6 Å². The molecule has 1 heterocycles. The van der Waals surface area contributed by atoms with Gasteiger partial charge in [0.2, 0.25) is 0 Å². The van der Waals surface area contributed by atoms with Crippen LogP contribution < -0.4 is 10.6 Å². The monoisotopic (exact) mass is 262 g/mol. The van der Waals surface area contributed by atoms with E-state index in [0.29, 0.717) is 18.3 Å². The van der Waals surface area contributed by atoms with Crippen LogP contribution >= 0.6 is 0 Å². The van der Waals surface area contributed by atoms with E-state index in [-0.39, 0.29) is 11.7 Å². The predicted octanol–water partition coefficient (Wildman–Crippen LogP) is 1.72. The maximum Gasteiger partial charge on any atom is 0.337 e. The quantitative estimate of drug-likeness (QED) is 0.794. The topological polar surface area (TPSA) is 75.8 Å². The van der Waals surface area contributed by atoms with Crippen molar-refractivity contribution in [1.29, 1.82) is 0 Å². The molecule has 1 saturated heterocycles. The molecule has 1 aliphatic carbocycles. The third-order valence-electron chi connectivity index (χ3n) is 4.04. The van der Waals surface area contributed by atoms with Crippen molar-refractivity contribution in [2.45, 2.75) is 31.4 Å². The van der Waals surface area contributed by atoms with E-state index in [1.54, 1.807) is 6.07 Å². The first-order valence-electron chi connectivity index (χ1n) is 6.68. The van der Waals surface area contributed by atoms with Crippen LogP contribution in [-0.4, -0.2) is 36.4 Å². The first-order valence-corrected chi connectivity index (χ1v) is 6.68. The largest absolute Gasteiger partial charge is 0.478 e. The molecule has 2 fully saturated rings. The van der Waals surface area contributed by atoms with Crippen molar-refractivity contribution in [3.63, 3.8) is 0 Å². The first-order chi connectivity index (χ1) is 9.16. The summed E-state index contributed by atoms with van der Waals surface area (Å²) in [5.74, 6) is -0.927. The van der Waals surface area contributed by atoms with Crippen molar-refractivity contribution in [2.75, 3.05) is 23.8 Å². The van der Waals surface area contributed by atoms with Gasteiger partial charge in [-0.2, -0.15) is 0 Å². The Bertz CT molecular complexity index is 503. The number of fused-ring (bicyclic) bond motifs is 1. The third kappa shape index (κ3) is 2.14. The van der Waals surface area contributed by atoms with Gasteiger partial charge in [0.25, 0.3) is 0 Å². The summed E-state index contributed by atoms with van der Waals surface area (Å²) in [7, 11) is 0. The minimum atomic E-state index is -0.927. The zero-order chi connectivity index (χ0) is 13.4. The molecular formula is C14H18N2O3. The maximum atomic E-state index is 11.4. The number of carboxylic acids is 1. The molecule has 0 bridgehead atoms. The molecule has 1 aliphatic heterocycles. The minimum absolute atomic E-state index is 0.243. The van der Waals surface area contributed by atoms with Crippen LogP contribution in [-0.2, 0) is 4.74 Å². The zero-order valence-corrected chi connectivity index (χ0v) is 10.7. The molecule has 3 rings (SSSR count). The van der Waals surface area contributed by atoms with Gasteiger partial charge in [0, 0.05) is 12.2 Å². The number of hydrogen-bond acceptors (Lipinski definition) is 4. The van der Waals surface area contributed by atoms with Gasteiger partial charge in [0.05, 0.1) is 30.0 Å². The van der Waals surface area contributed by atoms with Gasteiger partial charge in [-0.1, -0.05) is 0 Å². The molecule has 2 atom stereocenters. The van der Waals surface area contributed by atoms with Gasteiger partial charge in [-0.3, -0.25) is 0 Å². The van der Waals surface area contributed by atoms with Crippen molar-refractivity contribution < 1.29 is 14.6 Å². The van der Waals surface area contributed by atoms with Crippen LogP contribution in [0.4, 0.5) is 11.4 Å². The molecule has 0 amide bonds. The fourth-order valence-electron chi connectivity index (χ4n) is 3.20. The van der Waals surface area contributed by atoms with Gasteiger partial charge >= 0.3 is 5.97 Å². The lowest BCUT2D eigenvalue weighted by Crippen LogP contribution is -2.49. The Balaban J connectivity index is 1.98. The molecule has 102 valence electrons. The fraction of sp³-hybridized carbons (Fsp3) is 0.500. The van der Waals surface area contributed by atoms with Gasteiger partial charge in [0.15, 0.2) is 0 Å². The van der Waals surface area contributed by atoms with E-state index >= 15 is 0 Å². The number of ether oxygens (including phenoxy) is 1. The Morgan fingerprint density at radius 1 is 1.42 bits per heavy atom. The second-order valence-corrected chi connectivity index (χ2v) is 5.18. The lowest BCUT2D eigenvalue weighted by molar-refractivity contribution is 0.0254. The molecule has 0 radical (unpaired) electrons. The summed E-state index contributed by atoms with van der Waals surface area (Å²) in [6.07, 6.45) is 3.52. The number of nitrogen functional groups attached to an aromatic ring is 1. The highest BCUT2D eigenvalue weighted by atomic mass is 16.5. The summed E-state index contributed by atoms with van der Waals surface area (Å²) in [6, 6.07) is 5.42. The summed E-state index contributed by atoms with van der Waals surface area (Å²) >= 11 is 0. The van der Waals surface area contributed by atoms with Crippen molar-refractivity contribution in [3.8, 4) is 0 Å². The number of anilines is 2. The number of nitrogens with zero attached hydrogens (tertiary/aromatic N) is 1. The minimum Gasteiger partial charge on any atom is -0.478 e. The molecule has 5 nitrogen and oxygen atoms in total. The van der Waals surface area contributed by atoms with Gasteiger partial charge in [-0.05, 0) is 37.5 Å². The summed E-state index contributed by atoms with van der Waals surface area (Å²) in [6.45, 7) is 1.40. The number of carbonyl (C=O) groups is 1. The number of rotatable bonds is 2. The number of nitrogens with two attached hydrogens (primary N) is 1. The fourth-order valence-corrected chi connectivity index (χ4v) is 3.20. The molecular weight excluding hydrogens is 244 g/mol. The molecule has 19 heavy (non-hydrogen) atoms. The van der Waals surface area contributed by atoms with E-state index < -0.39 is 5.97 Å². The smallest absolute Gasteiger partial charge is 0.337 e. The van der Waals surface area contributed by atoms with Crippen molar-refractivity contribution >= 4 is 17.3 Å². The zero-order valence-electron chi connectivity index (χ0n) is 10.7. The third-order valence-corrected chi connectivity index (χ3v) is 4.04. The number of hydrogen-bond donors (Lipinski definition) is 2. The van der Waals surface area contributed by atoms with E-state index in [2.05, 4.69) is 4.90 Å². The lowest BCUT2D eigenvalue weighted by Gasteiger charge is -2.40. The molecule has 3 N–H and O–H groups in total. The second kappa shape index (κ2) is 4.74. The summed E-state index contributed by atoms with van der Waals surface area (Å²) in [5.41, 5.74) is 7.23. The van der Waals surface area contributed by atoms with Crippen LogP contribution in [0.2, 0.25) is 0 Å². The van der Waals surface area contributed by atoms with Gasteiger partial charge in [-0.15, -0.1) is 0 Å². The molecule has 2 aliphatic rings. The second-order valence-electron chi connectivity index (χ2n) is 5.18. The molecule has 2 unspecified atom stereocenters. The summed E-state index contributed by atoms with van der Waals surface area (Å²) in [4.78, 5) is 13.6. The van der Waals surface area contributed by atoms with Crippen LogP contribution in [0.5, 0.6) is 0 Å². The van der Waals surface area contributed by atoms with Crippen molar-refractivity contribution in [1.82, 2.24) is 0 Å². The highest BCUT2D eigenvalue weighted by molar-refractivity contribution is 5.95. The van der Waals surface area contributed by atoms with E-state index in [1.807, 2.05) is 6.07 Å². The summed E-state index contributed by atoms with van der Waals surface area (Å²) < 4.78 is 5.76. The molecule has 0 aromatic heterocycles. The maximum absolute atomic E-state index is 11.4. The standard InChI is InChI=1S/C14H18N2O3/c15-9-4-5-11(10(8-9)14(17)18)16-6-7-19-13-3-1-2-12(13)16/h4-5,8,12-13H,1-3,6-7,15H2,(H,17,18). The van der Waals surface area contributed by atoms with E-state index in [1.165, 1.54) is 6.07 Å². The van der Waals surface area contributed by atoms with Crippen LogP contribution in [0, 0.1) is 0 Å². The highest BCUT2D eigenvalue weighted by Gasteiger charge is 2.37. The van der Waals surface area contributed by atoms with Gasteiger partial charge < -0.3 is 20.5 Å². The average molecular weight is 262 g/mol. The van der Waals surface area contributed by atoms with E-state index in [4.69, 9.17) is 10.5 Å². The lowest BCUT2D eigenvalue weighted by atomic mass is 10.1. The van der Waals surface area contributed by atoms with Crippen molar-refractivity contribution in [3.05, 3.63) is 23.8 Å². The normalized spacial score (nSPS) is 26.2. The number of benzene rings is 1. The van der Waals surface area contributed by atoms with Crippen LogP contribution in [0.3, 0.4) is 0 Å². The number of morpholine rings is 1. The molecule has 5 heteroatoms. The Hall–Kier alpha value is -1.75. The first kappa shape index (κ1) is 12.3. The van der Waals surface area contributed by atoms with Crippen molar-refractivity contribution in [2.24, 2.45) is 0 Å². The average Bonchev–Trinajstić information content (AvgIpc) is 2.86.